The fraction of sp³-hybridized carbons (Fsp3) is 0.185. The maximum atomic E-state index is 13.6. The molecular formula is C27H28N2O5S. The fourth-order valence-electron chi connectivity index (χ4n) is 3.20. The van der Waals surface area contributed by atoms with E-state index < -0.39 is 16.0 Å². The summed E-state index contributed by atoms with van der Waals surface area (Å²) >= 11 is 0. The van der Waals surface area contributed by atoms with Gasteiger partial charge in [0.1, 0.15) is 6.61 Å². The highest BCUT2D eigenvalue weighted by molar-refractivity contribution is 7.92. The number of anilines is 1. The molecule has 8 heteroatoms. The number of sulfonamides is 1. The van der Waals surface area contributed by atoms with E-state index in [1.54, 1.807) is 55.5 Å². The topological polar surface area (TPSA) is 85.3 Å². The van der Waals surface area contributed by atoms with Gasteiger partial charge in [0.2, 0.25) is 0 Å². The van der Waals surface area contributed by atoms with E-state index in [9.17, 15) is 13.2 Å². The summed E-state index contributed by atoms with van der Waals surface area (Å²) in [6.07, 6.45) is 4.16. The van der Waals surface area contributed by atoms with Crippen molar-refractivity contribution in [1.82, 2.24) is 0 Å². The summed E-state index contributed by atoms with van der Waals surface area (Å²) in [6, 6.07) is 23.2. The van der Waals surface area contributed by atoms with Crippen LogP contribution >= 0.6 is 0 Å². The van der Waals surface area contributed by atoms with Crippen LogP contribution in [-0.4, -0.2) is 33.8 Å². The first-order chi connectivity index (χ1) is 16.9. The number of rotatable bonds is 11. The van der Waals surface area contributed by atoms with Gasteiger partial charge in [-0.2, -0.15) is 0 Å². The van der Waals surface area contributed by atoms with Gasteiger partial charge in [0.25, 0.3) is 10.0 Å². The highest BCUT2D eigenvalue weighted by Crippen LogP contribution is 2.27. The first-order valence-corrected chi connectivity index (χ1v) is 12.6. The maximum Gasteiger partial charge on any atom is 0.330 e. The quantitative estimate of drug-likeness (QED) is 0.165. The van der Waals surface area contributed by atoms with E-state index in [0.717, 1.165) is 11.1 Å². The minimum atomic E-state index is -3.95. The summed E-state index contributed by atoms with van der Waals surface area (Å²) < 4.78 is 33.4. The Bertz CT molecular complexity index is 1270. The van der Waals surface area contributed by atoms with E-state index in [1.165, 1.54) is 22.7 Å². The van der Waals surface area contributed by atoms with Crippen molar-refractivity contribution >= 4 is 27.9 Å². The Morgan fingerprint density at radius 2 is 1.66 bits per heavy atom. The molecule has 0 saturated carbocycles. The number of nitrogens with zero attached hydrogens (tertiary/aromatic N) is 2. The summed E-state index contributed by atoms with van der Waals surface area (Å²) in [5, 5.41) is 4.04. The molecule has 0 fully saturated rings. The lowest BCUT2D eigenvalue weighted by atomic mass is 10.2. The molecule has 0 spiro atoms. The zero-order valence-corrected chi connectivity index (χ0v) is 20.5. The van der Waals surface area contributed by atoms with E-state index >= 15 is 0 Å². The number of oxime groups is 1. The van der Waals surface area contributed by atoms with E-state index in [-0.39, 0.29) is 24.7 Å². The van der Waals surface area contributed by atoms with Crippen LogP contribution in [0, 0.1) is 6.92 Å². The number of hydrogen-bond acceptors (Lipinski definition) is 6. The lowest BCUT2D eigenvalue weighted by Gasteiger charge is -2.25. The number of ether oxygens (including phenoxy) is 1. The summed E-state index contributed by atoms with van der Waals surface area (Å²) in [5.41, 5.74) is 2.85. The van der Waals surface area contributed by atoms with Gasteiger partial charge in [0.05, 0.1) is 29.9 Å². The van der Waals surface area contributed by atoms with Crippen LogP contribution < -0.4 is 4.31 Å². The van der Waals surface area contributed by atoms with Crippen LogP contribution in [-0.2, 0) is 31.0 Å². The van der Waals surface area contributed by atoms with Crippen LogP contribution in [0.2, 0.25) is 0 Å². The van der Waals surface area contributed by atoms with Crippen molar-refractivity contribution in [3.8, 4) is 0 Å². The molecule has 7 nitrogen and oxygen atoms in total. The van der Waals surface area contributed by atoms with Gasteiger partial charge in [-0.05, 0) is 37.6 Å². The van der Waals surface area contributed by atoms with Gasteiger partial charge in [-0.25, -0.2) is 13.2 Å². The SMILES string of the molecule is CCOC(=O)/C=C/CN(c1ccccc1/C=N\OCc1ccccc1)S(=O)(=O)c1ccc(C)cc1. The second kappa shape index (κ2) is 12.5. The first kappa shape index (κ1) is 25.7. The zero-order chi connectivity index (χ0) is 25.1. The largest absolute Gasteiger partial charge is 0.463 e. The molecule has 0 aliphatic rings. The Balaban J connectivity index is 1.91. The van der Waals surface area contributed by atoms with Crippen molar-refractivity contribution in [3.63, 3.8) is 0 Å². The summed E-state index contributed by atoms with van der Waals surface area (Å²) in [6.45, 7) is 4.03. The molecule has 182 valence electrons. The Kier molecular flexibility index (Phi) is 9.20. The molecule has 0 aliphatic heterocycles. The Morgan fingerprint density at radius 3 is 2.37 bits per heavy atom. The third-order valence-corrected chi connectivity index (χ3v) is 6.76. The van der Waals surface area contributed by atoms with Crippen molar-refractivity contribution < 1.29 is 22.8 Å². The molecule has 0 saturated heterocycles. The van der Waals surface area contributed by atoms with Crippen LogP contribution in [0.1, 0.15) is 23.6 Å². The van der Waals surface area contributed by atoms with Crippen molar-refractivity contribution in [2.24, 2.45) is 5.16 Å². The molecule has 0 heterocycles. The molecule has 35 heavy (non-hydrogen) atoms. The van der Waals surface area contributed by atoms with Crippen LogP contribution in [0.4, 0.5) is 5.69 Å². The van der Waals surface area contributed by atoms with Crippen LogP contribution in [0.25, 0.3) is 0 Å². The number of benzene rings is 3. The van der Waals surface area contributed by atoms with Gasteiger partial charge in [0.15, 0.2) is 0 Å². The third-order valence-electron chi connectivity index (χ3n) is 4.97. The van der Waals surface area contributed by atoms with E-state index in [0.29, 0.717) is 11.3 Å². The fourth-order valence-corrected chi connectivity index (χ4v) is 4.64. The van der Waals surface area contributed by atoms with E-state index in [1.807, 2.05) is 37.3 Å². The molecule has 3 aromatic carbocycles. The van der Waals surface area contributed by atoms with Crippen molar-refractivity contribution in [2.75, 3.05) is 17.5 Å². The maximum absolute atomic E-state index is 13.6. The zero-order valence-electron chi connectivity index (χ0n) is 19.7. The highest BCUT2D eigenvalue weighted by atomic mass is 32.2. The van der Waals surface area contributed by atoms with Gasteiger partial charge >= 0.3 is 5.97 Å². The monoisotopic (exact) mass is 492 g/mol. The predicted molar refractivity (Wildman–Crippen MR) is 137 cm³/mol. The molecule has 0 atom stereocenters. The average molecular weight is 493 g/mol. The van der Waals surface area contributed by atoms with Gasteiger partial charge in [-0.15, -0.1) is 0 Å². The average Bonchev–Trinajstić information content (AvgIpc) is 2.86. The molecule has 0 N–H and O–H groups in total. The van der Waals surface area contributed by atoms with Gasteiger partial charge in [-0.1, -0.05) is 77.5 Å². The summed E-state index contributed by atoms with van der Waals surface area (Å²) in [7, 11) is -3.95. The minimum Gasteiger partial charge on any atom is -0.463 e. The Labute approximate surface area is 206 Å². The Hall–Kier alpha value is -3.91. The van der Waals surface area contributed by atoms with Crippen molar-refractivity contribution in [1.29, 1.82) is 0 Å². The van der Waals surface area contributed by atoms with Crippen LogP contribution in [0.5, 0.6) is 0 Å². The molecular weight excluding hydrogens is 464 g/mol. The van der Waals surface area contributed by atoms with Crippen molar-refractivity contribution in [2.45, 2.75) is 25.3 Å². The number of carbonyl (C=O) groups excluding carboxylic acids is 1. The van der Waals surface area contributed by atoms with Crippen LogP contribution in [0.15, 0.2) is 101 Å². The van der Waals surface area contributed by atoms with Gasteiger partial charge < -0.3 is 9.57 Å². The lowest BCUT2D eigenvalue weighted by molar-refractivity contribution is -0.137. The smallest absolute Gasteiger partial charge is 0.330 e. The molecule has 3 aromatic rings. The normalized spacial score (nSPS) is 11.6. The number of carbonyl (C=O) groups is 1. The predicted octanol–water partition coefficient (Wildman–Crippen LogP) is 4.86. The lowest BCUT2D eigenvalue weighted by Crippen LogP contribution is -2.32. The van der Waals surface area contributed by atoms with E-state index in [2.05, 4.69) is 5.16 Å². The minimum absolute atomic E-state index is 0.0786. The standard InChI is InChI=1S/C27H28N2O5S/c1-3-33-27(30)14-9-19-29(35(31,32)25-17-15-22(2)16-18-25)26-13-8-7-12-24(26)20-28-34-21-23-10-5-4-6-11-23/h4-18,20H,3,19,21H2,1-2H3/b14-9+,28-20-. The molecule has 0 aromatic heterocycles. The molecule has 0 aliphatic carbocycles. The second-order valence-electron chi connectivity index (χ2n) is 7.56. The van der Waals surface area contributed by atoms with E-state index in [4.69, 9.17) is 9.57 Å². The molecule has 3 rings (SSSR count). The summed E-state index contributed by atoms with van der Waals surface area (Å²) in [4.78, 5) is 17.3. The first-order valence-electron chi connectivity index (χ1n) is 11.1. The number of hydrogen-bond donors (Lipinski definition) is 0. The number of aryl methyl sites for hydroxylation is 1. The highest BCUT2D eigenvalue weighted by Gasteiger charge is 2.25. The van der Waals surface area contributed by atoms with Crippen LogP contribution in [0.3, 0.4) is 0 Å². The molecule has 0 radical (unpaired) electrons. The molecule has 0 unspecified atom stereocenters. The van der Waals surface area contributed by atoms with Gasteiger partial charge in [-0.3, -0.25) is 4.31 Å². The number of para-hydroxylation sites is 1. The molecule has 0 amide bonds. The second-order valence-corrected chi connectivity index (χ2v) is 9.42. The Morgan fingerprint density at radius 1 is 0.971 bits per heavy atom. The summed E-state index contributed by atoms with van der Waals surface area (Å²) in [5.74, 6) is -0.538. The third kappa shape index (κ3) is 7.28. The van der Waals surface area contributed by atoms with Gasteiger partial charge in [0, 0.05) is 11.6 Å². The molecule has 0 bridgehead atoms. The van der Waals surface area contributed by atoms with Crippen molar-refractivity contribution in [3.05, 3.63) is 108 Å². The number of esters is 1.